The second-order valence-corrected chi connectivity index (χ2v) is 19.5. The van der Waals surface area contributed by atoms with Gasteiger partial charge in [0.1, 0.15) is 13.2 Å². The van der Waals surface area contributed by atoms with Crippen molar-refractivity contribution in [1.82, 2.24) is 0 Å². The summed E-state index contributed by atoms with van der Waals surface area (Å²) in [6.07, 6.45) is 86.0. The summed E-state index contributed by atoms with van der Waals surface area (Å²) in [7, 11) is 0. The molecule has 0 heterocycles. The van der Waals surface area contributed by atoms with Crippen LogP contribution in [0.4, 0.5) is 0 Å². The van der Waals surface area contributed by atoms with Crippen LogP contribution in [-0.2, 0) is 28.6 Å². The van der Waals surface area contributed by atoms with Gasteiger partial charge >= 0.3 is 17.9 Å². The molecule has 0 saturated heterocycles. The topological polar surface area (TPSA) is 78.9 Å². The molecule has 74 heavy (non-hydrogen) atoms. The number of carbonyl (C=O) groups excluding carboxylic acids is 3. The summed E-state index contributed by atoms with van der Waals surface area (Å²) >= 11 is 0. The van der Waals surface area contributed by atoms with Gasteiger partial charge in [-0.1, -0.05) is 251 Å². The van der Waals surface area contributed by atoms with Crippen molar-refractivity contribution >= 4 is 17.9 Å². The lowest BCUT2D eigenvalue weighted by Gasteiger charge is -2.18. The zero-order chi connectivity index (χ0) is 53.6. The molecular formula is C68H110O6. The Hall–Kier alpha value is -4.45. The fraction of sp³-hybridized carbons (Fsp3) is 0.632. The monoisotopic (exact) mass is 1020 g/mol. The fourth-order valence-corrected chi connectivity index (χ4v) is 7.88. The first-order valence-corrected chi connectivity index (χ1v) is 30.2. The molecule has 0 spiro atoms. The van der Waals surface area contributed by atoms with E-state index in [-0.39, 0.29) is 31.1 Å². The van der Waals surface area contributed by atoms with Crippen molar-refractivity contribution in [3.63, 3.8) is 0 Å². The van der Waals surface area contributed by atoms with Gasteiger partial charge in [-0.15, -0.1) is 0 Å². The first kappa shape index (κ1) is 69.5. The van der Waals surface area contributed by atoms with Gasteiger partial charge < -0.3 is 14.2 Å². The lowest BCUT2D eigenvalue weighted by atomic mass is 10.1. The maximum Gasteiger partial charge on any atom is 0.306 e. The second-order valence-electron chi connectivity index (χ2n) is 19.5. The summed E-state index contributed by atoms with van der Waals surface area (Å²) < 4.78 is 16.8. The van der Waals surface area contributed by atoms with E-state index in [4.69, 9.17) is 14.2 Å². The number of carbonyl (C=O) groups is 3. The number of rotatable bonds is 53. The number of unbranched alkanes of at least 4 members (excludes halogenated alkanes) is 20. The van der Waals surface area contributed by atoms with E-state index in [0.29, 0.717) is 25.7 Å². The van der Waals surface area contributed by atoms with Crippen LogP contribution in [0.1, 0.15) is 258 Å². The van der Waals surface area contributed by atoms with Crippen LogP contribution in [-0.4, -0.2) is 37.2 Å². The minimum atomic E-state index is -0.801. The molecule has 1 unspecified atom stereocenters. The predicted molar refractivity (Wildman–Crippen MR) is 320 cm³/mol. The average molecular weight is 1020 g/mol. The van der Waals surface area contributed by atoms with E-state index in [2.05, 4.69) is 154 Å². The summed E-state index contributed by atoms with van der Waals surface area (Å²) in [5, 5.41) is 0. The highest BCUT2D eigenvalue weighted by molar-refractivity contribution is 5.71. The van der Waals surface area contributed by atoms with Crippen LogP contribution in [0.2, 0.25) is 0 Å². The number of allylic oxidation sites excluding steroid dienone is 22. The van der Waals surface area contributed by atoms with Crippen LogP contribution < -0.4 is 0 Å². The number of hydrogen-bond acceptors (Lipinski definition) is 6. The summed E-state index contributed by atoms with van der Waals surface area (Å²) in [6, 6.07) is 0. The largest absolute Gasteiger partial charge is 0.462 e. The van der Waals surface area contributed by atoms with Crippen LogP contribution in [0.25, 0.3) is 0 Å². The van der Waals surface area contributed by atoms with Gasteiger partial charge in [-0.05, 0) is 122 Å². The molecule has 0 saturated carbocycles. The lowest BCUT2D eigenvalue weighted by Crippen LogP contribution is -2.30. The zero-order valence-electron chi connectivity index (χ0n) is 47.8. The lowest BCUT2D eigenvalue weighted by molar-refractivity contribution is -0.167. The number of ether oxygens (including phenoxy) is 3. The van der Waals surface area contributed by atoms with Crippen molar-refractivity contribution in [2.24, 2.45) is 0 Å². The Morgan fingerprint density at radius 1 is 0.284 bits per heavy atom. The summed E-state index contributed by atoms with van der Waals surface area (Å²) in [5.74, 6) is -0.956. The SMILES string of the molecule is CC/C=C\C/C=C\C/C=C\C/C=C\C/C=C\C/C=C\C/C=C\C/C=C\C/C=C\C/C=C\CCCCC(=O)OCC(COC(=O)CCCCCCCCCCCC)OC(=O)CCCCCCC/C=C\CCCCCC. The molecule has 6 nitrogen and oxygen atoms in total. The van der Waals surface area contributed by atoms with Crippen molar-refractivity contribution in [1.29, 1.82) is 0 Å². The third-order valence-corrected chi connectivity index (χ3v) is 12.4. The zero-order valence-corrected chi connectivity index (χ0v) is 47.8. The van der Waals surface area contributed by atoms with E-state index < -0.39 is 6.10 Å². The Balaban J connectivity index is 4.31. The molecule has 6 heteroatoms. The van der Waals surface area contributed by atoms with Gasteiger partial charge in [-0.3, -0.25) is 14.4 Å². The van der Waals surface area contributed by atoms with E-state index in [9.17, 15) is 14.4 Å². The van der Waals surface area contributed by atoms with E-state index in [1.165, 1.54) is 83.5 Å². The minimum Gasteiger partial charge on any atom is -0.462 e. The van der Waals surface area contributed by atoms with Crippen molar-refractivity contribution in [2.45, 2.75) is 264 Å². The Morgan fingerprint density at radius 3 is 0.878 bits per heavy atom. The average Bonchev–Trinajstić information content (AvgIpc) is 3.40. The van der Waals surface area contributed by atoms with E-state index in [1.807, 2.05) is 0 Å². The molecule has 0 radical (unpaired) electrons. The molecule has 0 fully saturated rings. The molecule has 0 rings (SSSR count). The maximum atomic E-state index is 12.8. The molecule has 0 aliphatic heterocycles. The Kier molecular flexibility index (Phi) is 57.4. The molecule has 1 atom stereocenters. The minimum absolute atomic E-state index is 0.0963. The molecule has 418 valence electrons. The Bertz CT molecular complexity index is 1600. The first-order chi connectivity index (χ1) is 36.5. The Labute approximate surface area is 455 Å². The number of hydrogen-bond donors (Lipinski definition) is 0. The molecule has 0 aliphatic rings. The third kappa shape index (κ3) is 58.4. The molecule has 0 amide bonds. The quantitative estimate of drug-likeness (QED) is 0.0261. The summed E-state index contributed by atoms with van der Waals surface area (Å²) in [4.78, 5) is 38.0. The van der Waals surface area contributed by atoms with Crippen LogP contribution in [0.5, 0.6) is 0 Å². The molecule has 0 aromatic carbocycles. The highest BCUT2D eigenvalue weighted by Crippen LogP contribution is 2.14. The van der Waals surface area contributed by atoms with Crippen LogP contribution in [0.15, 0.2) is 134 Å². The van der Waals surface area contributed by atoms with Gasteiger partial charge in [-0.25, -0.2) is 0 Å². The first-order valence-electron chi connectivity index (χ1n) is 30.2. The van der Waals surface area contributed by atoms with Gasteiger partial charge in [0.25, 0.3) is 0 Å². The van der Waals surface area contributed by atoms with Crippen LogP contribution in [0, 0.1) is 0 Å². The van der Waals surface area contributed by atoms with Crippen molar-refractivity contribution < 1.29 is 28.6 Å². The van der Waals surface area contributed by atoms with E-state index >= 15 is 0 Å². The summed E-state index contributed by atoms with van der Waals surface area (Å²) in [5.41, 5.74) is 0. The standard InChI is InChI=1S/C68H110O6/c1-4-7-10-13-16-19-22-24-25-26-27-28-29-30-31-32-33-34-35-36-37-38-39-40-41-42-43-45-46-49-52-55-58-61-67(70)73-64-65(63-72-66(69)60-57-54-51-48-21-18-15-12-9-6-3)74-68(71)62-59-56-53-50-47-44-23-20-17-14-11-8-5-2/h7,10,16,19-20,23-25,27-28,30-31,33-34,36-37,39-40,42-43,46,49,65H,4-6,8-9,11-15,17-18,21-22,26,29,32,35,38,41,44-45,47-48,50-64H2,1-3H3/b10-7-,19-16-,23-20-,25-24-,28-27-,31-30-,34-33-,37-36-,40-39-,43-42-,49-46-. The molecule has 0 N–H and O–H groups in total. The molecular weight excluding hydrogens is 913 g/mol. The third-order valence-electron chi connectivity index (χ3n) is 12.4. The van der Waals surface area contributed by atoms with Crippen molar-refractivity contribution in [3.05, 3.63) is 134 Å². The van der Waals surface area contributed by atoms with Crippen LogP contribution in [0.3, 0.4) is 0 Å². The van der Waals surface area contributed by atoms with Gasteiger partial charge in [0.15, 0.2) is 6.10 Å². The second kappa shape index (κ2) is 61.1. The molecule has 0 aromatic rings. The van der Waals surface area contributed by atoms with E-state index in [0.717, 1.165) is 128 Å². The highest BCUT2D eigenvalue weighted by atomic mass is 16.6. The van der Waals surface area contributed by atoms with Gasteiger partial charge in [0.2, 0.25) is 0 Å². The van der Waals surface area contributed by atoms with E-state index in [1.54, 1.807) is 0 Å². The van der Waals surface area contributed by atoms with Crippen molar-refractivity contribution in [2.75, 3.05) is 13.2 Å². The fourth-order valence-electron chi connectivity index (χ4n) is 7.88. The molecule has 0 bridgehead atoms. The number of esters is 3. The molecule has 0 aliphatic carbocycles. The normalized spacial score (nSPS) is 13.1. The van der Waals surface area contributed by atoms with Gasteiger partial charge in [0, 0.05) is 19.3 Å². The van der Waals surface area contributed by atoms with Crippen LogP contribution >= 0.6 is 0 Å². The summed E-state index contributed by atoms with van der Waals surface area (Å²) in [6.45, 7) is 6.45. The maximum absolute atomic E-state index is 12.8. The van der Waals surface area contributed by atoms with Gasteiger partial charge in [-0.2, -0.15) is 0 Å². The van der Waals surface area contributed by atoms with Gasteiger partial charge in [0.05, 0.1) is 0 Å². The Morgan fingerprint density at radius 2 is 0.527 bits per heavy atom. The smallest absolute Gasteiger partial charge is 0.306 e. The highest BCUT2D eigenvalue weighted by Gasteiger charge is 2.19. The van der Waals surface area contributed by atoms with Crippen molar-refractivity contribution in [3.8, 4) is 0 Å². The molecule has 0 aromatic heterocycles. The predicted octanol–water partition coefficient (Wildman–Crippen LogP) is 20.6.